The number of nitrogens with two attached hydrogens (primary N) is 1. The van der Waals surface area contributed by atoms with Crippen molar-refractivity contribution in [3.63, 3.8) is 0 Å². The number of aromatic nitrogens is 1. The van der Waals surface area contributed by atoms with Gasteiger partial charge in [0, 0.05) is 22.0 Å². The smallest absolute Gasteiger partial charge is 0.293 e. The summed E-state index contributed by atoms with van der Waals surface area (Å²) in [6.07, 6.45) is 3.73. The standard InChI is InChI=1S/C10H8IN3O2/c11-7-5-10(14(15)16)8(12)6-9(7)13-3-1-2-4-13/h1-6H,12H2. The zero-order valence-electron chi connectivity index (χ0n) is 8.13. The number of nitrogen functional groups attached to an aromatic ring is 1. The van der Waals surface area contributed by atoms with Crippen LogP contribution in [0.5, 0.6) is 0 Å². The average Bonchev–Trinajstić information content (AvgIpc) is 2.73. The highest BCUT2D eigenvalue weighted by atomic mass is 127. The number of nitro groups is 1. The summed E-state index contributed by atoms with van der Waals surface area (Å²) in [5, 5.41) is 10.7. The van der Waals surface area contributed by atoms with Gasteiger partial charge in [-0.15, -0.1) is 0 Å². The predicted molar refractivity (Wildman–Crippen MR) is 69.6 cm³/mol. The highest BCUT2D eigenvalue weighted by Crippen LogP contribution is 2.29. The molecular weight excluding hydrogens is 321 g/mol. The van der Waals surface area contributed by atoms with Gasteiger partial charge in [-0.05, 0) is 40.8 Å². The van der Waals surface area contributed by atoms with E-state index in [-0.39, 0.29) is 11.4 Å². The number of nitro benzene ring substituents is 1. The maximum Gasteiger partial charge on any atom is 0.293 e. The van der Waals surface area contributed by atoms with Gasteiger partial charge in [-0.3, -0.25) is 10.1 Å². The molecule has 82 valence electrons. The van der Waals surface area contributed by atoms with Crippen LogP contribution in [0.2, 0.25) is 0 Å². The third-order valence-corrected chi connectivity index (χ3v) is 3.04. The van der Waals surface area contributed by atoms with Gasteiger partial charge in [0.1, 0.15) is 5.69 Å². The summed E-state index contributed by atoms with van der Waals surface area (Å²) in [7, 11) is 0. The minimum absolute atomic E-state index is 0.0553. The number of benzene rings is 1. The number of nitrogens with zero attached hydrogens (tertiary/aromatic N) is 2. The molecule has 2 rings (SSSR count). The van der Waals surface area contributed by atoms with E-state index in [2.05, 4.69) is 22.6 Å². The molecule has 0 aliphatic rings. The van der Waals surface area contributed by atoms with Crippen LogP contribution < -0.4 is 5.73 Å². The van der Waals surface area contributed by atoms with Crippen LogP contribution in [0, 0.1) is 13.7 Å². The average molecular weight is 329 g/mol. The van der Waals surface area contributed by atoms with Crippen molar-refractivity contribution in [2.24, 2.45) is 0 Å². The molecule has 0 amide bonds. The maximum atomic E-state index is 10.7. The molecule has 0 aliphatic carbocycles. The van der Waals surface area contributed by atoms with E-state index in [4.69, 9.17) is 5.73 Å². The predicted octanol–water partition coefficient (Wildman–Crippen LogP) is 2.57. The van der Waals surface area contributed by atoms with Crippen LogP contribution in [0.4, 0.5) is 11.4 Å². The Bertz CT molecular complexity index is 537. The zero-order valence-corrected chi connectivity index (χ0v) is 10.3. The molecule has 2 N–H and O–H groups in total. The summed E-state index contributed by atoms with van der Waals surface area (Å²) in [5.74, 6) is 0. The number of hydrogen-bond donors (Lipinski definition) is 1. The van der Waals surface area contributed by atoms with E-state index in [0.29, 0.717) is 0 Å². The first-order chi connectivity index (χ1) is 7.59. The van der Waals surface area contributed by atoms with E-state index >= 15 is 0 Å². The van der Waals surface area contributed by atoms with Crippen LogP contribution in [-0.2, 0) is 0 Å². The van der Waals surface area contributed by atoms with Gasteiger partial charge in [-0.2, -0.15) is 0 Å². The van der Waals surface area contributed by atoms with Gasteiger partial charge in [0.05, 0.1) is 10.6 Å². The second-order valence-corrected chi connectivity index (χ2v) is 4.37. The SMILES string of the molecule is Nc1cc(-n2cccc2)c(I)cc1[N+](=O)[O-]. The summed E-state index contributed by atoms with van der Waals surface area (Å²) in [5.41, 5.74) is 6.60. The van der Waals surface area contributed by atoms with Crippen molar-refractivity contribution in [2.45, 2.75) is 0 Å². The summed E-state index contributed by atoms with van der Waals surface area (Å²) in [4.78, 5) is 10.2. The fourth-order valence-electron chi connectivity index (χ4n) is 1.42. The third kappa shape index (κ3) is 1.87. The van der Waals surface area contributed by atoms with Gasteiger partial charge < -0.3 is 10.3 Å². The van der Waals surface area contributed by atoms with Crippen LogP contribution in [-0.4, -0.2) is 9.49 Å². The first-order valence-electron chi connectivity index (χ1n) is 4.46. The van der Waals surface area contributed by atoms with E-state index in [0.717, 1.165) is 9.26 Å². The summed E-state index contributed by atoms with van der Waals surface area (Å²) >= 11 is 2.06. The van der Waals surface area contributed by atoms with Gasteiger partial charge >= 0.3 is 0 Å². The van der Waals surface area contributed by atoms with E-state index in [1.807, 2.05) is 29.1 Å². The van der Waals surface area contributed by atoms with E-state index in [1.165, 1.54) is 6.07 Å². The van der Waals surface area contributed by atoms with Crippen LogP contribution in [0.3, 0.4) is 0 Å². The lowest BCUT2D eigenvalue weighted by Crippen LogP contribution is -2.00. The lowest BCUT2D eigenvalue weighted by Gasteiger charge is -2.07. The number of hydrogen-bond acceptors (Lipinski definition) is 3. The Morgan fingerprint density at radius 2 is 1.94 bits per heavy atom. The number of rotatable bonds is 2. The van der Waals surface area contributed by atoms with Crippen molar-refractivity contribution in [3.05, 3.63) is 50.3 Å². The normalized spacial score (nSPS) is 10.3. The Morgan fingerprint density at radius 3 is 2.50 bits per heavy atom. The van der Waals surface area contributed by atoms with Crippen LogP contribution in [0.1, 0.15) is 0 Å². The number of halogens is 1. The first-order valence-corrected chi connectivity index (χ1v) is 5.54. The molecule has 0 unspecified atom stereocenters. The molecule has 0 spiro atoms. The fourth-order valence-corrected chi connectivity index (χ4v) is 2.15. The van der Waals surface area contributed by atoms with Crippen molar-refractivity contribution < 1.29 is 4.92 Å². The highest BCUT2D eigenvalue weighted by Gasteiger charge is 2.15. The summed E-state index contributed by atoms with van der Waals surface area (Å²) in [6, 6.07) is 6.85. The molecule has 1 aromatic heterocycles. The lowest BCUT2D eigenvalue weighted by molar-refractivity contribution is -0.384. The molecular formula is C10H8IN3O2. The van der Waals surface area contributed by atoms with Crippen molar-refractivity contribution in [3.8, 4) is 5.69 Å². The fraction of sp³-hybridized carbons (Fsp3) is 0. The maximum absolute atomic E-state index is 10.7. The Kier molecular flexibility index (Phi) is 2.82. The highest BCUT2D eigenvalue weighted by molar-refractivity contribution is 14.1. The van der Waals surface area contributed by atoms with Gasteiger partial charge in [-0.25, -0.2) is 0 Å². The molecule has 0 saturated heterocycles. The molecule has 2 aromatic rings. The van der Waals surface area contributed by atoms with Gasteiger partial charge in [0.2, 0.25) is 0 Å². The Balaban J connectivity index is 2.59. The van der Waals surface area contributed by atoms with E-state index < -0.39 is 4.92 Å². The van der Waals surface area contributed by atoms with E-state index in [1.54, 1.807) is 6.07 Å². The van der Waals surface area contributed by atoms with Gasteiger partial charge in [0.15, 0.2) is 0 Å². The molecule has 0 radical (unpaired) electrons. The van der Waals surface area contributed by atoms with Crippen molar-refractivity contribution in [1.82, 2.24) is 4.57 Å². The third-order valence-electron chi connectivity index (χ3n) is 2.18. The van der Waals surface area contributed by atoms with Gasteiger partial charge in [-0.1, -0.05) is 0 Å². The summed E-state index contributed by atoms with van der Waals surface area (Å²) < 4.78 is 2.65. The van der Waals surface area contributed by atoms with Crippen LogP contribution in [0.15, 0.2) is 36.7 Å². The molecule has 5 nitrogen and oxygen atoms in total. The first kappa shape index (κ1) is 10.9. The molecule has 0 saturated carbocycles. The molecule has 1 aromatic carbocycles. The molecule has 16 heavy (non-hydrogen) atoms. The molecule has 0 atom stereocenters. The van der Waals surface area contributed by atoms with Crippen molar-refractivity contribution in [2.75, 3.05) is 5.73 Å². The Morgan fingerprint density at radius 1 is 1.31 bits per heavy atom. The number of anilines is 1. The van der Waals surface area contributed by atoms with Gasteiger partial charge in [0.25, 0.3) is 5.69 Å². The minimum atomic E-state index is -0.475. The molecule has 0 bridgehead atoms. The Hall–Kier alpha value is -1.57. The lowest BCUT2D eigenvalue weighted by atomic mass is 10.2. The quantitative estimate of drug-likeness (QED) is 0.398. The topological polar surface area (TPSA) is 74.1 Å². The largest absolute Gasteiger partial charge is 0.393 e. The zero-order chi connectivity index (χ0) is 11.7. The molecule has 0 aliphatic heterocycles. The second kappa shape index (κ2) is 4.12. The van der Waals surface area contributed by atoms with Crippen molar-refractivity contribution >= 4 is 34.0 Å². The Labute approximate surface area is 105 Å². The minimum Gasteiger partial charge on any atom is -0.393 e. The summed E-state index contributed by atoms with van der Waals surface area (Å²) in [6.45, 7) is 0. The van der Waals surface area contributed by atoms with Crippen LogP contribution >= 0.6 is 22.6 Å². The molecule has 1 heterocycles. The molecule has 0 fully saturated rings. The second-order valence-electron chi connectivity index (χ2n) is 3.21. The molecule has 6 heteroatoms. The van der Waals surface area contributed by atoms with E-state index in [9.17, 15) is 10.1 Å². The monoisotopic (exact) mass is 329 g/mol. The van der Waals surface area contributed by atoms with Crippen molar-refractivity contribution in [1.29, 1.82) is 0 Å². The van der Waals surface area contributed by atoms with Crippen LogP contribution in [0.25, 0.3) is 5.69 Å².